The van der Waals surface area contributed by atoms with Gasteiger partial charge in [-0.3, -0.25) is 4.79 Å². The minimum absolute atomic E-state index is 0.0256. The smallest absolute Gasteiger partial charge is 0.335 e. The monoisotopic (exact) mass is 460 g/mol. The fourth-order valence-electron chi connectivity index (χ4n) is 6.10. The van der Waals surface area contributed by atoms with Crippen LogP contribution in [0.4, 0.5) is 0 Å². The van der Waals surface area contributed by atoms with E-state index in [0.29, 0.717) is 12.0 Å². The summed E-state index contributed by atoms with van der Waals surface area (Å²) in [5, 5.41) is 0. The van der Waals surface area contributed by atoms with Gasteiger partial charge in [-0.1, -0.05) is 54.5 Å². The summed E-state index contributed by atoms with van der Waals surface area (Å²) in [6.07, 6.45) is 7.11. The molecule has 0 bridgehead atoms. The third-order valence-electron chi connectivity index (χ3n) is 6.30. The summed E-state index contributed by atoms with van der Waals surface area (Å²) < 4.78 is 12.2. The summed E-state index contributed by atoms with van der Waals surface area (Å²) >= 11 is 0. The molecule has 0 saturated heterocycles. The van der Waals surface area contributed by atoms with Gasteiger partial charge in [-0.05, 0) is 94.1 Å². The Labute approximate surface area is 202 Å². The Hall–Kier alpha value is -1.58. The van der Waals surface area contributed by atoms with E-state index in [9.17, 15) is 9.59 Å². The number of esters is 2. The first-order valence-corrected chi connectivity index (χ1v) is 12.7. The highest BCUT2D eigenvalue weighted by Crippen LogP contribution is 2.44. The molecule has 1 fully saturated rings. The SMILES string of the molecule is CC1CC=C2CCCC(C(=O)OC(C)(C)CC(C)(C)C)C2=C1C(=O)OC(C)(C)CC(C)(C)C. The molecule has 188 valence electrons. The number of ether oxygens (including phenoxy) is 2. The summed E-state index contributed by atoms with van der Waals surface area (Å²) in [6, 6.07) is 0. The van der Waals surface area contributed by atoms with Crippen molar-refractivity contribution in [1.29, 1.82) is 0 Å². The average molecular weight is 461 g/mol. The minimum atomic E-state index is -0.580. The molecule has 2 aliphatic carbocycles. The Balaban J connectivity index is 2.38. The summed E-state index contributed by atoms with van der Waals surface area (Å²) in [5.41, 5.74) is 1.65. The van der Waals surface area contributed by atoms with Gasteiger partial charge in [0.2, 0.25) is 0 Å². The summed E-state index contributed by atoms with van der Waals surface area (Å²) in [4.78, 5) is 27.0. The van der Waals surface area contributed by atoms with Crippen molar-refractivity contribution in [2.24, 2.45) is 22.7 Å². The van der Waals surface area contributed by atoms with E-state index in [1.165, 1.54) is 0 Å². The maximum Gasteiger partial charge on any atom is 0.335 e. The number of fused-ring (bicyclic) bond motifs is 1. The van der Waals surface area contributed by atoms with E-state index in [0.717, 1.165) is 43.3 Å². The second kappa shape index (κ2) is 9.58. The molecule has 1 saturated carbocycles. The van der Waals surface area contributed by atoms with Crippen LogP contribution in [0.25, 0.3) is 0 Å². The fraction of sp³-hybridized carbons (Fsp3) is 0.793. The molecule has 2 unspecified atom stereocenters. The van der Waals surface area contributed by atoms with Crippen molar-refractivity contribution in [1.82, 2.24) is 0 Å². The molecule has 4 nitrogen and oxygen atoms in total. The summed E-state index contributed by atoms with van der Waals surface area (Å²) in [7, 11) is 0. The third kappa shape index (κ3) is 8.00. The Bertz CT molecular complexity index is 812. The Morgan fingerprint density at radius 1 is 0.879 bits per heavy atom. The summed E-state index contributed by atoms with van der Waals surface area (Å²) in [6.45, 7) is 22.9. The van der Waals surface area contributed by atoms with Crippen LogP contribution < -0.4 is 0 Å². The number of allylic oxidation sites excluding steroid dienone is 2. The highest BCUT2D eigenvalue weighted by molar-refractivity contribution is 5.94. The van der Waals surface area contributed by atoms with Crippen molar-refractivity contribution < 1.29 is 19.1 Å². The van der Waals surface area contributed by atoms with E-state index < -0.39 is 17.1 Å². The quantitative estimate of drug-likeness (QED) is 0.384. The van der Waals surface area contributed by atoms with Crippen LogP contribution in [0, 0.1) is 22.7 Å². The molecule has 0 aromatic heterocycles. The fourth-order valence-corrected chi connectivity index (χ4v) is 6.10. The van der Waals surface area contributed by atoms with E-state index in [-0.39, 0.29) is 28.7 Å². The number of carbonyl (C=O) groups is 2. The Morgan fingerprint density at radius 3 is 1.91 bits per heavy atom. The molecule has 0 spiro atoms. The molecule has 0 heterocycles. The van der Waals surface area contributed by atoms with Crippen molar-refractivity contribution in [2.75, 3.05) is 0 Å². The Kier molecular flexibility index (Phi) is 8.03. The highest BCUT2D eigenvalue weighted by atomic mass is 16.6. The molecule has 33 heavy (non-hydrogen) atoms. The van der Waals surface area contributed by atoms with Gasteiger partial charge < -0.3 is 9.47 Å². The van der Waals surface area contributed by atoms with E-state index in [1.807, 2.05) is 27.7 Å². The van der Waals surface area contributed by atoms with Crippen molar-refractivity contribution >= 4 is 11.9 Å². The molecule has 4 heteroatoms. The molecule has 0 aliphatic heterocycles. The molecule has 0 amide bonds. The van der Waals surface area contributed by atoms with Gasteiger partial charge >= 0.3 is 11.9 Å². The summed E-state index contributed by atoms with van der Waals surface area (Å²) in [5.74, 6) is -0.859. The largest absolute Gasteiger partial charge is 0.459 e. The van der Waals surface area contributed by atoms with Crippen LogP contribution in [0.1, 0.15) is 115 Å². The van der Waals surface area contributed by atoms with Gasteiger partial charge in [-0.15, -0.1) is 0 Å². The van der Waals surface area contributed by atoms with Gasteiger partial charge in [0.05, 0.1) is 5.92 Å². The molecule has 2 atom stereocenters. The third-order valence-corrected chi connectivity index (χ3v) is 6.30. The zero-order valence-corrected chi connectivity index (χ0v) is 23.1. The van der Waals surface area contributed by atoms with Crippen LogP contribution in [0.15, 0.2) is 22.8 Å². The van der Waals surface area contributed by atoms with Gasteiger partial charge in [0.15, 0.2) is 0 Å². The second-order valence-corrected chi connectivity index (χ2v) is 13.9. The number of rotatable bonds is 6. The zero-order chi connectivity index (χ0) is 25.4. The highest BCUT2D eigenvalue weighted by Gasteiger charge is 2.41. The maximum atomic E-state index is 13.5. The average Bonchev–Trinajstić information content (AvgIpc) is 2.55. The predicted octanol–water partition coefficient (Wildman–Crippen LogP) is 7.57. The van der Waals surface area contributed by atoms with E-state index in [2.05, 4.69) is 54.5 Å². The number of hydrogen-bond acceptors (Lipinski definition) is 4. The van der Waals surface area contributed by atoms with Gasteiger partial charge in [0.25, 0.3) is 0 Å². The molecule has 0 aromatic rings. The van der Waals surface area contributed by atoms with E-state index >= 15 is 0 Å². The number of hydrogen-bond donors (Lipinski definition) is 0. The molecular weight excluding hydrogens is 412 g/mol. The molecular formula is C29H48O4. The lowest BCUT2D eigenvalue weighted by Crippen LogP contribution is -2.39. The van der Waals surface area contributed by atoms with Crippen molar-refractivity contribution in [3.05, 3.63) is 22.8 Å². The van der Waals surface area contributed by atoms with Crippen molar-refractivity contribution in [3.63, 3.8) is 0 Å². The van der Waals surface area contributed by atoms with Gasteiger partial charge in [-0.2, -0.15) is 0 Å². The molecule has 0 radical (unpaired) electrons. The van der Waals surface area contributed by atoms with Crippen LogP contribution >= 0.6 is 0 Å². The first-order valence-electron chi connectivity index (χ1n) is 12.7. The van der Waals surface area contributed by atoms with E-state index in [1.54, 1.807) is 0 Å². The second-order valence-electron chi connectivity index (χ2n) is 13.9. The molecule has 0 aromatic carbocycles. The standard InChI is InChI=1S/C29H48O4/c1-19-15-16-20-13-12-14-21(24(30)32-28(8,9)17-26(2,3)4)23(20)22(19)25(31)33-29(10,11)18-27(5,6)7/h16,19,21H,12-15,17-18H2,1-11H3. The normalized spacial score (nSPS) is 22.5. The molecule has 2 aliphatic rings. The van der Waals surface area contributed by atoms with Gasteiger partial charge in [0.1, 0.15) is 11.2 Å². The van der Waals surface area contributed by atoms with Crippen molar-refractivity contribution in [2.45, 2.75) is 126 Å². The lowest BCUT2D eigenvalue weighted by molar-refractivity contribution is -0.163. The van der Waals surface area contributed by atoms with Gasteiger partial charge in [-0.25, -0.2) is 4.79 Å². The number of carbonyl (C=O) groups excluding carboxylic acids is 2. The van der Waals surface area contributed by atoms with Crippen LogP contribution in [-0.4, -0.2) is 23.1 Å². The molecule has 0 N–H and O–H groups in total. The van der Waals surface area contributed by atoms with Crippen LogP contribution in [0.2, 0.25) is 0 Å². The van der Waals surface area contributed by atoms with Crippen LogP contribution in [0.3, 0.4) is 0 Å². The minimum Gasteiger partial charge on any atom is -0.459 e. The zero-order valence-electron chi connectivity index (χ0n) is 23.1. The lowest BCUT2D eigenvalue weighted by atomic mass is 9.71. The maximum absolute atomic E-state index is 13.5. The van der Waals surface area contributed by atoms with Crippen LogP contribution in [-0.2, 0) is 19.1 Å². The topological polar surface area (TPSA) is 52.6 Å². The lowest BCUT2D eigenvalue weighted by Gasteiger charge is -2.38. The van der Waals surface area contributed by atoms with E-state index in [4.69, 9.17) is 9.47 Å². The molecule has 2 rings (SSSR count). The first-order chi connectivity index (χ1) is 14.8. The first kappa shape index (κ1) is 27.7. The Morgan fingerprint density at radius 2 is 1.39 bits per heavy atom. The van der Waals surface area contributed by atoms with Crippen LogP contribution in [0.5, 0.6) is 0 Å². The predicted molar refractivity (Wildman–Crippen MR) is 135 cm³/mol. The van der Waals surface area contributed by atoms with Crippen molar-refractivity contribution in [3.8, 4) is 0 Å². The van der Waals surface area contributed by atoms with Gasteiger partial charge in [0, 0.05) is 5.57 Å².